The Hall–Kier alpha value is -1.66. The van der Waals surface area contributed by atoms with Gasteiger partial charge in [-0.1, -0.05) is 12.1 Å². The van der Waals surface area contributed by atoms with E-state index in [1.165, 1.54) is 11.3 Å². The van der Waals surface area contributed by atoms with Crippen LogP contribution in [0.3, 0.4) is 0 Å². The van der Waals surface area contributed by atoms with Crippen molar-refractivity contribution in [1.29, 1.82) is 0 Å². The molecule has 19 heavy (non-hydrogen) atoms. The molecule has 6 heteroatoms. The number of ether oxygens (including phenoxy) is 1. The van der Waals surface area contributed by atoms with Crippen LogP contribution in [0.2, 0.25) is 0 Å². The van der Waals surface area contributed by atoms with Crippen LogP contribution in [0.1, 0.15) is 21.5 Å². The first-order chi connectivity index (χ1) is 9.16. The first kappa shape index (κ1) is 13.8. The highest BCUT2D eigenvalue weighted by molar-refractivity contribution is 7.12. The molecule has 4 nitrogen and oxygen atoms in total. The molecule has 0 aliphatic rings. The van der Waals surface area contributed by atoms with Crippen LogP contribution in [-0.2, 0) is 16.1 Å². The van der Waals surface area contributed by atoms with Crippen LogP contribution in [0.5, 0.6) is 0 Å². The monoisotopic (exact) mass is 295 g/mol. The van der Waals surface area contributed by atoms with Gasteiger partial charge in [-0.2, -0.15) is 0 Å². The zero-order chi connectivity index (χ0) is 13.7. The standard InChI is InChI=1S/C13H13NO3S2/c1-9(17-13(16)11-5-3-7-19-11)12(15)14-8-10-4-2-6-18-10/h2-7,9H,8H2,1H3,(H,14,15)/t9-/m0/s1. The lowest BCUT2D eigenvalue weighted by Gasteiger charge is -2.12. The molecule has 0 unspecified atom stereocenters. The number of esters is 1. The Morgan fingerprint density at radius 1 is 1.26 bits per heavy atom. The van der Waals surface area contributed by atoms with E-state index in [0.717, 1.165) is 4.88 Å². The highest BCUT2D eigenvalue weighted by Gasteiger charge is 2.19. The molecular formula is C13H13NO3S2. The molecule has 2 aromatic heterocycles. The molecule has 2 rings (SSSR count). The predicted octanol–water partition coefficient (Wildman–Crippen LogP) is 2.67. The zero-order valence-corrected chi connectivity index (χ0v) is 11.9. The van der Waals surface area contributed by atoms with Crippen LogP contribution in [0, 0.1) is 0 Å². The third-order valence-electron chi connectivity index (χ3n) is 2.39. The molecular weight excluding hydrogens is 282 g/mol. The molecule has 1 atom stereocenters. The summed E-state index contributed by atoms with van der Waals surface area (Å²) >= 11 is 2.86. The molecule has 0 aliphatic carbocycles. The van der Waals surface area contributed by atoms with Crippen molar-refractivity contribution in [2.75, 3.05) is 0 Å². The minimum atomic E-state index is -0.797. The topological polar surface area (TPSA) is 55.4 Å². The van der Waals surface area contributed by atoms with Crippen LogP contribution in [-0.4, -0.2) is 18.0 Å². The summed E-state index contributed by atoms with van der Waals surface area (Å²) in [7, 11) is 0. The van der Waals surface area contributed by atoms with E-state index in [9.17, 15) is 9.59 Å². The Kier molecular flexibility index (Phi) is 4.70. The number of thiophene rings is 2. The third-order valence-corrected chi connectivity index (χ3v) is 4.12. The lowest BCUT2D eigenvalue weighted by molar-refractivity contribution is -0.129. The van der Waals surface area contributed by atoms with Crippen molar-refractivity contribution >= 4 is 34.6 Å². The first-order valence-corrected chi connectivity index (χ1v) is 7.47. The van der Waals surface area contributed by atoms with E-state index in [1.54, 1.807) is 35.8 Å². The van der Waals surface area contributed by atoms with Crippen LogP contribution in [0.4, 0.5) is 0 Å². The molecule has 2 heterocycles. The second-order valence-electron chi connectivity index (χ2n) is 3.82. The maximum Gasteiger partial charge on any atom is 0.349 e. The van der Waals surface area contributed by atoms with E-state index in [4.69, 9.17) is 4.74 Å². The quantitative estimate of drug-likeness (QED) is 0.863. The summed E-state index contributed by atoms with van der Waals surface area (Å²) in [6.45, 7) is 2.02. The Labute approximate surface area is 119 Å². The Morgan fingerprint density at radius 3 is 2.63 bits per heavy atom. The number of amides is 1. The average Bonchev–Trinajstić information content (AvgIpc) is 3.08. The minimum absolute atomic E-state index is 0.293. The SMILES string of the molecule is C[C@H](OC(=O)c1cccs1)C(=O)NCc1cccs1. The van der Waals surface area contributed by atoms with E-state index in [-0.39, 0.29) is 5.91 Å². The smallest absolute Gasteiger partial charge is 0.349 e. The average molecular weight is 295 g/mol. The summed E-state index contributed by atoms with van der Waals surface area (Å²) in [5.41, 5.74) is 0. The molecule has 0 aliphatic heterocycles. The molecule has 0 radical (unpaired) electrons. The Morgan fingerprint density at radius 2 is 2.00 bits per heavy atom. The second-order valence-corrected chi connectivity index (χ2v) is 5.80. The molecule has 0 fully saturated rings. The number of carbonyl (C=O) groups is 2. The Bertz CT molecular complexity index is 534. The van der Waals surface area contributed by atoms with Crippen molar-refractivity contribution in [2.45, 2.75) is 19.6 Å². The first-order valence-electron chi connectivity index (χ1n) is 5.71. The number of hydrogen-bond donors (Lipinski definition) is 1. The van der Waals surface area contributed by atoms with E-state index in [1.807, 2.05) is 17.5 Å². The normalized spacial score (nSPS) is 11.8. The van der Waals surface area contributed by atoms with Gasteiger partial charge in [0.05, 0.1) is 6.54 Å². The van der Waals surface area contributed by atoms with Gasteiger partial charge >= 0.3 is 5.97 Å². The maximum absolute atomic E-state index is 11.8. The van der Waals surface area contributed by atoms with E-state index >= 15 is 0 Å². The molecule has 0 aromatic carbocycles. The van der Waals surface area contributed by atoms with Crippen molar-refractivity contribution in [3.8, 4) is 0 Å². The lowest BCUT2D eigenvalue weighted by Crippen LogP contribution is -2.35. The summed E-state index contributed by atoms with van der Waals surface area (Å²) in [4.78, 5) is 25.0. The third kappa shape index (κ3) is 3.90. The fourth-order valence-corrected chi connectivity index (χ4v) is 2.65. The van der Waals surface area contributed by atoms with Gasteiger partial charge in [-0.25, -0.2) is 4.79 Å². The van der Waals surface area contributed by atoms with Gasteiger partial charge in [0.15, 0.2) is 6.10 Å². The minimum Gasteiger partial charge on any atom is -0.448 e. The predicted molar refractivity (Wildman–Crippen MR) is 75.4 cm³/mol. The van der Waals surface area contributed by atoms with Gasteiger partial charge in [-0.15, -0.1) is 22.7 Å². The number of hydrogen-bond acceptors (Lipinski definition) is 5. The molecule has 2 aromatic rings. The number of rotatable bonds is 5. The van der Waals surface area contributed by atoms with E-state index in [2.05, 4.69) is 5.32 Å². The fraction of sp³-hybridized carbons (Fsp3) is 0.231. The van der Waals surface area contributed by atoms with Crippen molar-refractivity contribution in [2.24, 2.45) is 0 Å². The van der Waals surface area contributed by atoms with Gasteiger partial charge in [0.2, 0.25) is 0 Å². The Balaban J connectivity index is 1.80. The summed E-state index contributed by atoms with van der Waals surface area (Å²) in [5, 5.41) is 6.47. The molecule has 1 N–H and O–H groups in total. The van der Waals surface area contributed by atoms with Crippen molar-refractivity contribution in [3.05, 3.63) is 44.8 Å². The largest absolute Gasteiger partial charge is 0.448 e. The molecule has 1 amide bonds. The highest BCUT2D eigenvalue weighted by Crippen LogP contribution is 2.11. The van der Waals surface area contributed by atoms with Crippen LogP contribution in [0.25, 0.3) is 0 Å². The van der Waals surface area contributed by atoms with Gasteiger partial charge in [0, 0.05) is 4.88 Å². The van der Waals surface area contributed by atoms with Crippen molar-refractivity contribution in [1.82, 2.24) is 5.32 Å². The van der Waals surface area contributed by atoms with Gasteiger partial charge in [0.1, 0.15) is 4.88 Å². The van der Waals surface area contributed by atoms with Gasteiger partial charge in [0.25, 0.3) is 5.91 Å². The second kappa shape index (κ2) is 6.49. The number of carbonyl (C=O) groups excluding carboxylic acids is 2. The summed E-state index contributed by atoms with van der Waals surface area (Å²) in [5.74, 6) is -0.757. The molecule has 0 saturated carbocycles. The van der Waals surface area contributed by atoms with Gasteiger partial charge < -0.3 is 10.1 Å². The zero-order valence-electron chi connectivity index (χ0n) is 10.3. The van der Waals surface area contributed by atoms with Crippen LogP contribution < -0.4 is 5.32 Å². The lowest BCUT2D eigenvalue weighted by atomic mass is 10.3. The molecule has 100 valence electrons. The summed E-state index contributed by atoms with van der Waals surface area (Å²) < 4.78 is 5.09. The van der Waals surface area contributed by atoms with Crippen molar-refractivity contribution in [3.63, 3.8) is 0 Å². The molecule has 0 spiro atoms. The summed E-state index contributed by atoms with van der Waals surface area (Å²) in [6, 6.07) is 7.30. The van der Waals surface area contributed by atoms with Gasteiger partial charge in [-0.3, -0.25) is 4.79 Å². The van der Waals surface area contributed by atoms with Gasteiger partial charge in [-0.05, 0) is 29.8 Å². The number of nitrogens with one attached hydrogen (secondary N) is 1. The molecule has 0 bridgehead atoms. The fourth-order valence-electron chi connectivity index (χ4n) is 1.40. The van der Waals surface area contributed by atoms with Crippen molar-refractivity contribution < 1.29 is 14.3 Å². The summed E-state index contributed by atoms with van der Waals surface area (Å²) in [6.07, 6.45) is -0.797. The van der Waals surface area contributed by atoms with E-state index < -0.39 is 12.1 Å². The highest BCUT2D eigenvalue weighted by atomic mass is 32.1. The maximum atomic E-state index is 11.8. The van der Waals surface area contributed by atoms with Crippen LogP contribution >= 0.6 is 22.7 Å². The van der Waals surface area contributed by atoms with E-state index in [0.29, 0.717) is 11.4 Å². The van der Waals surface area contributed by atoms with Crippen LogP contribution in [0.15, 0.2) is 35.0 Å². The molecule has 0 saturated heterocycles.